The molecule has 3 unspecified atom stereocenters. The molecule has 0 aromatic carbocycles. The monoisotopic (exact) mass is 372 g/mol. The van der Waals surface area contributed by atoms with E-state index in [0.29, 0.717) is 6.04 Å². The average Bonchev–Trinajstić information content (AvgIpc) is 3.09. The van der Waals surface area contributed by atoms with Crippen molar-refractivity contribution in [1.29, 1.82) is 0 Å². The van der Waals surface area contributed by atoms with Gasteiger partial charge in [0.25, 0.3) is 0 Å². The van der Waals surface area contributed by atoms with E-state index >= 15 is 0 Å². The molecular formula is C15H21BrN2S2. The molecule has 0 aliphatic heterocycles. The first kappa shape index (κ1) is 16.2. The van der Waals surface area contributed by atoms with Crippen LogP contribution in [0.2, 0.25) is 0 Å². The Morgan fingerprint density at radius 2 is 2.10 bits per heavy atom. The third-order valence-corrected chi connectivity index (χ3v) is 6.57. The quantitative estimate of drug-likeness (QED) is 0.768. The minimum atomic E-state index is 0.146. The van der Waals surface area contributed by atoms with E-state index in [4.69, 9.17) is 5.73 Å². The van der Waals surface area contributed by atoms with Gasteiger partial charge in [-0.15, -0.1) is 22.7 Å². The van der Waals surface area contributed by atoms with Crippen LogP contribution in [0, 0.1) is 0 Å². The lowest BCUT2D eigenvalue weighted by Gasteiger charge is -2.35. The lowest BCUT2D eigenvalue weighted by atomic mass is 10.0. The summed E-state index contributed by atoms with van der Waals surface area (Å²) < 4.78 is 1.14. The molecule has 2 nitrogen and oxygen atoms in total. The first-order valence-corrected chi connectivity index (χ1v) is 9.34. The lowest BCUT2D eigenvalue weighted by Crippen LogP contribution is -2.39. The topological polar surface area (TPSA) is 29.3 Å². The SMILES string of the molecule is CCC(N)C(c1cc(Br)cs1)N(C)C(C)c1cccs1. The lowest BCUT2D eigenvalue weighted by molar-refractivity contribution is 0.163. The first-order chi connectivity index (χ1) is 9.54. The van der Waals surface area contributed by atoms with Gasteiger partial charge in [0.15, 0.2) is 0 Å². The summed E-state index contributed by atoms with van der Waals surface area (Å²) >= 11 is 7.14. The molecule has 0 amide bonds. The molecule has 5 heteroatoms. The van der Waals surface area contributed by atoms with Crippen LogP contribution in [0.25, 0.3) is 0 Å². The molecule has 2 aromatic heterocycles. The molecule has 0 saturated heterocycles. The summed E-state index contributed by atoms with van der Waals surface area (Å²) in [4.78, 5) is 5.12. The van der Waals surface area contributed by atoms with Crippen molar-refractivity contribution in [2.45, 2.75) is 38.4 Å². The van der Waals surface area contributed by atoms with Gasteiger partial charge in [-0.3, -0.25) is 4.90 Å². The predicted octanol–water partition coefficient (Wildman–Crippen LogP) is 5.04. The Morgan fingerprint density at radius 1 is 1.35 bits per heavy atom. The highest BCUT2D eigenvalue weighted by Crippen LogP contribution is 2.36. The smallest absolute Gasteiger partial charge is 0.0596 e. The van der Waals surface area contributed by atoms with Gasteiger partial charge >= 0.3 is 0 Å². The largest absolute Gasteiger partial charge is 0.326 e. The molecule has 3 atom stereocenters. The minimum Gasteiger partial charge on any atom is -0.326 e. The van der Waals surface area contributed by atoms with Gasteiger partial charge in [-0.25, -0.2) is 0 Å². The van der Waals surface area contributed by atoms with E-state index in [9.17, 15) is 0 Å². The molecule has 0 fully saturated rings. The van der Waals surface area contributed by atoms with E-state index in [-0.39, 0.29) is 12.1 Å². The number of halogens is 1. The van der Waals surface area contributed by atoms with Crippen LogP contribution < -0.4 is 5.73 Å². The van der Waals surface area contributed by atoms with Crippen LogP contribution in [0.4, 0.5) is 0 Å². The number of rotatable bonds is 6. The fourth-order valence-electron chi connectivity index (χ4n) is 2.39. The van der Waals surface area contributed by atoms with E-state index in [1.54, 1.807) is 11.3 Å². The van der Waals surface area contributed by atoms with E-state index in [1.165, 1.54) is 9.75 Å². The summed E-state index contributed by atoms with van der Waals surface area (Å²) in [6, 6.07) is 7.29. The summed E-state index contributed by atoms with van der Waals surface area (Å²) in [6.45, 7) is 4.41. The maximum atomic E-state index is 6.40. The Kier molecular flexibility index (Phi) is 5.81. The first-order valence-electron chi connectivity index (χ1n) is 6.79. The molecule has 2 rings (SSSR count). The van der Waals surface area contributed by atoms with Crippen LogP contribution in [0.5, 0.6) is 0 Å². The van der Waals surface area contributed by atoms with Crippen LogP contribution in [-0.4, -0.2) is 18.0 Å². The van der Waals surface area contributed by atoms with Crippen LogP contribution in [-0.2, 0) is 0 Å². The molecule has 20 heavy (non-hydrogen) atoms. The van der Waals surface area contributed by atoms with E-state index in [1.807, 2.05) is 11.3 Å². The van der Waals surface area contributed by atoms with Gasteiger partial charge in [-0.05, 0) is 53.8 Å². The highest BCUT2D eigenvalue weighted by molar-refractivity contribution is 9.10. The molecule has 2 heterocycles. The van der Waals surface area contributed by atoms with Crippen molar-refractivity contribution < 1.29 is 0 Å². The third-order valence-electron chi connectivity index (χ3n) is 3.76. The zero-order valence-electron chi connectivity index (χ0n) is 12.0. The van der Waals surface area contributed by atoms with Crippen molar-refractivity contribution in [2.75, 3.05) is 7.05 Å². The van der Waals surface area contributed by atoms with Gasteiger partial charge in [0.1, 0.15) is 0 Å². The van der Waals surface area contributed by atoms with E-state index < -0.39 is 0 Å². The number of likely N-dealkylation sites (N-methyl/N-ethyl adjacent to an activating group) is 1. The molecule has 0 saturated carbocycles. The standard InChI is InChI=1S/C15H21BrN2S2/c1-4-12(17)15(14-8-11(16)9-20-14)18(3)10(2)13-6-5-7-19-13/h5-10,12,15H,4,17H2,1-3H3. The molecular weight excluding hydrogens is 352 g/mol. The molecule has 2 aromatic rings. The summed E-state index contributed by atoms with van der Waals surface area (Å²) in [5, 5.41) is 4.27. The van der Waals surface area contributed by atoms with Crippen LogP contribution in [0.15, 0.2) is 33.4 Å². The molecule has 110 valence electrons. The molecule has 0 spiro atoms. The van der Waals surface area contributed by atoms with Gasteiger partial charge in [-0.2, -0.15) is 0 Å². The number of thiophene rings is 2. The number of nitrogens with zero attached hydrogens (tertiary/aromatic N) is 1. The maximum absolute atomic E-state index is 6.40. The predicted molar refractivity (Wildman–Crippen MR) is 93.5 cm³/mol. The fraction of sp³-hybridized carbons (Fsp3) is 0.467. The average molecular weight is 373 g/mol. The zero-order chi connectivity index (χ0) is 14.7. The van der Waals surface area contributed by atoms with Gasteiger partial charge in [-0.1, -0.05) is 13.0 Å². The Morgan fingerprint density at radius 3 is 2.60 bits per heavy atom. The van der Waals surface area contributed by atoms with Crippen LogP contribution in [0.1, 0.15) is 42.1 Å². The second kappa shape index (κ2) is 7.18. The Balaban J connectivity index is 2.26. The second-order valence-electron chi connectivity index (χ2n) is 5.04. The minimum absolute atomic E-state index is 0.146. The third kappa shape index (κ3) is 3.52. The van der Waals surface area contributed by atoms with E-state index in [2.05, 4.69) is 70.7 Å². The highest BCUT2D eigenvalue weighted by Gasteiger charge is 2.28. The van der Waals surface area contributed by atoms with Gasteiger partial charge in [0, 0.05) is 31.7 Å². The zero-order valence-corrected chi connectivity index (χ0v) is 15.3. The van der Waals surface area contributed by atoms with Crippen LogP contribution >= 0.6 is 38.6 Å². The maximum Gasteiger partial charge on any atom is 0.0596 e. The Bertz CT molecular complexity index is 524. The molecule has 2 N–H and O–H groups in total. The molecule has 0 bridgehead atoms. The molecule has 0 aliphatic rings. The van der Waals surface area contributed by atoms with Crippen molar-refractivity contribution in [2.24, 2.45) is 5.73 Å². The Hall–Kier alpha value is -0.200. The summed E-state index contributed by atoms with van der Waals surface area (Å²) in [5.74, 6) is 0. The summed E-state index contributed by atoms with van der Waals surface area (Å²) in [7, 11) is 2.18. The number of hydrogen-bond acceptors (Lipinski definition) is 4. The molecule has 0 radical (unpaired) electrons. The van der Waals surface area contributed by atoms with Crippen molar-refractivity contribution in [1.82, 2.24) is 4.90 Å². The van der Waals surface area contributed by atoms with Gasteiger partial charge < -0.3 is 5.73 Å². The summed E-state index contributed by atoms with van der Waals surface area (Å²) in [6.07, 6.45) is 0.974. The van der Waals surface area contributed by atoms with Crippen molar-refractivity contribution in [3.8, 4) is 0 Å². The van der Waals surface area contributed by atoms with Crippen molar-refractivity contribution >= 4 is 38.6 Å². The normalized spacial score (nSPS) is 16.3. The van der Waals surface area contributed by atoms with E-state index in [0.717, 1.165) is 10.9 Å². The van der Waals surface area contributed by atoms with Gasteiger partial charge in [0.2, 0.25) is 0 Å². The van der Waals surface area contributed by atoms with Gasteiger partial charge in [0.05, 0.1) is 6.04 Å². The molecule has 0 aliphatic carbocycles. The highest BCUT2D eigenvalue weighted by atomic mass is 79.9. The van der Waals surface area contributed by atoms with Crippen LogP contribution in [0.3, 0.4) is 0 Å². The van der Waals surface area contributed by atoms with Crippen molar-refractivity contribution in [3.05, 3.63) is 43.2 Å². The fourth-order valence-corrected chi connectivity index (χ4v) is 4.90. The number of hydrogen-bond donors (Lipinski definition) is 1. The summed E-state index contributed by atoms with van der Waals surface area (Å²) in [5.41, 5.74) is 6.40. The second-order valence-corrected chi connectivity index (χ2v) is 7.88. The Labute approximate surface area is 137 Å². The van der Waals surface area contributed by atoms with Crippen molar-refractivity contribution in [3.63, 3.8) is 0 Å². The number of nitrogens with two attached hydrogens (primary N) is 1.